The SMILES string of the molecule is Cc1cc(C)cc(CCCCCc2cc(C)cc(C)c2)c1. The summed E-state index contributed by atoms with van der Waals surface area (Å²) in [5.41, 5.74) is 8.55. The van der Waals surface area contributed by atoms with Gasteiger partial charge in [-0.2, -0.15) is 0 Å². The first-order valence-electron chi connectivity index (χ1n) is 8.17. The number of benzene rings is 2. The van der Waals surface area contributed by atoms with Gasteiger partial charge in [-0.3, -0.25) is 0 Å². The second kappa shape index (κ2) is 7.45. The van der Waals surface area contributed by atoms with Gasteiger partial charge in [0.1, 0.15) is 0 Å². The van der Waals surface area contributed by atoms with Crippen LogP contribution in [0.2, 0.25) is 0 Å². The molecular weight excluding hydrogens is 252 g/mol. The highest BCUT2D eigenvalue weighted by Gasteiger charge is 1.99. The van der Waals surface area contributed by atoms with Gasteiger partial charge in [0.2, 0.25) is 0 Å². The summed E-state index contributed by atoms with van der Waals surface area (Å²) in [6.07, 6.45) is 6.35. The van der Waals surface area contributed by atoms with Crippen molar-refractivity contribution in [2.75, 3.05) is 0 Å². The van der Waals surface area contributed by atoms with Crippen LogP contribution in [0, 0.1) is 27.7 Å². The Labute approximate surface area is 130 Å². The van der Waals surface area contributed by atoms with E-state index in [0.717, 1.165) is 0 Å². The Balaban J connectivity index is 1.74. The molecule has 0 aliphatic carbocycles. The molecule has 2 aromatic carbocycles. The second-order valence-electron chi connectivity index (χ2n) is 6.55. The van der Waals surface area contributed by atoms with Crippen molar-refractivity contribution in [3.05, 3.63) is 69.8 Å². The third-order valence-corrected chi connectivity index (χ3v) is 3.99. The van der Waals surface area contributed by atoms with Crippen LogP contribution in [0.5, 0.6) is 0 Å². The van der Waals surface area contributed by atoms with E-state index in [9.17, 15) is 0 Å². The van der Waals surface area contributed by atoms with Crippen molar-refractivity contribution in [3.8, 4) is 0 Å². The summed E-state index contributed by atoms with van der Waals surface area (Å²) >= 11 is 0. The van der Waals surface area contributed by atoms with Gasteiger partial charge in [-0.05, 0) is 64.5 Å². The molecule has 0 heterocycles. The van der Waals surface area contributed by atoms with E-state index in [2.05, 4.69) is 64.1 Å². The summed E-state index contributed by atoms with van der Waals surface area (Å²) in [5.74, 6) is 0. The molecule has 0 unspecified atom stereocenters. The molecule has 112 valence electrons. The molecule has 0 radical (unpaired) electrons. The molecule has 0 N–H and O–H groups in total. The average molecular weight is 280 g/mol. The monoisotopic (exact) mass is 280 g/mol. The molecule has 0 aromatic heterocycles. The van der Waals surface area contributed by atoms with E-state index in [-0.39, 0.29) is 0 Å². The first kappa shape index (κ1) is 15.8. The maximum absolute atomic E-state index is 2.33. The topological polar surface area (TPSA) is 0 Å². The van der Waals surface area contributed by atoms with Crippen LogP contribution in [-0.2, 0) is 12.8 Å². The van der Waals surface area contributed by atoms with Crippen LogP contribution in [-0.4, -0.2) is 0 Å². The molecule has 0 fully saturated rings. The van der Waals surface area contributed by atoms with Crippen molar-refractivity contribution in [3.63, 3.8) is 0 Å². The minimum Gasteiger partial charge on any atom is -0.0564 e. The Morgan fingerprint density at radius 2 is 0.810 bits per heavy atom. The Hall–Kier alpha value is -1.56. The lowest BCUT2D eigenvalue weighted by Crippen LogP contribution is -1.91. The second-order valence-corrected chi connectivity index (χ2v) is 6.55. The van der Waals surface area contributed by atoms with Gasteiger partial charge in [-0.25, -0.2) is 0 Å². The van der Waals surface area contributed by atoms with Gasteiger partial charge < -0.3 is 0 Å². The average Bonchev–Trinajstić information content (AvgIpc) is 2.36. The lowest BCUT2D eigenvalue weighted by atomic mass is 9.99. The number of hydrogen-bond acceptors (Lipinski definition) is 0. The zero-order valence-corrected chi connectivity index (χ0v) is 14.0. The quantitative estimate of drug-likeness (QED) is 0.580. The lowest BCUT2D eigenvalue weighted by Gasteiger charge is -2.07. The van der Waals surface area contributed by atoms with E-state index < -0.39 is 0 Å². The minimum atomic E-state index is 1.22. The smallest absolute Gasteiger partial charge is 0.0279 e. The normalized spacial score (nSPS) is 10.9. The summed E-state index contributed by atoms with van der Waals surface area (Å²) < 4.78 is 0. The standard InChI is InChI=1S/C21H28/c1-16-10-17(2)13-20(12-16)8-6-5-7-9-21-14-18(3)11-19(4)15-21/h10-15H,5-9H2,1-4H3. The molecule has 0 amide bonds. The van der Waals surface area contributed by atoms with E-state index in [1.165, 1.54) is 65.5 Å². The van der Waals surface area contributed by atoms with Crippen LogP contribution in [0.25, 0.3) is 0 Å². The maximum Gasteiger partial charge on any atom is -0.0279 e. The van der Waals surface area contributed by atoms with Crippen LogP contribution in [0.3, 0.4) is 0 Å². The fraction of sp³-hybridized carbons (Fsp3) is 0.429. The molecule has 2 aromatic rings. The molecule has 0 aliphatic heterocycles. The molecule has 0 bridgehead atoms. The molecule has 0 heteroatoms. The van der Waals surface area contributed by atoms with Crippen molar-refractivity contribution in [2.24, 2.45) is 0 Å². The number of hydrogen-bond donors (Lipinski definition) is 0. The Morgan fingerprint density at radius 1 is 0.476 bits per heavy atom. The predicted molar refractivity (Wildman–Crippen MR) is 93.1 cm³/mol. The van der Waals surface area contributed by atoms with Crippen molar-refractivity contribution in [1.29, 1.82) is 0 Å². The first-order valence-corrected chi connectivity index (χ1v) is 8.17. The van der Waals surface area contributed by atoms with E-state index in [1.54, 1.807) is 0 Å². The predicted octanol–water partition coefficient (Wildman–Crippen LogP) is 5.88. The van der Waals surface area contributed by atoms with Crippen LogP contribution in [0.15, 0.2) is 36.4 Å². The Morgan fingerprint density at radius 3 is 1.14 bits per heavy atom. The van der Waals surface area contributed by atoms with Gasteiger partial charge >= 0.3 is 0 Å². The third-order valence-electron chi connectivity index (χ3n) is 3.99. The fourth-order valence-corrected chi connectivity index (χ4v) is 3.26. The summed E-state index contributed by atoms with van der Waals surface area (Å²) in [7, 11) is 0. The van der Waals surface area contributed by atoms with Gasteiger partial charge in [-0.15, -0.1) is 0 Å². The van der Waals surface area contributed by atoms with Crippen LogP contribution in [0.4, 0.5) is 0 Å². The zero-order chi connectivity index (χ0) is 15.2. The lowest BCUT2D eigenvalue weighted by molar-refractivity contribution is 0.678. The largest absolute Gasteiger partial charge is 0.0564 e. The zero-order valence-electron chi connectivity index (χ0n) is 14.0. The molecular formula is C21H28. The highest BCUT2D eigenvalue weighted by Crippen LogP contribution is 2.15. The summed E-state index contributed by atoms with van der Waals surface area (Å²) in [5, 5.41) is 0. The molecule has 2 rings (SSSR count). The Bertz CT molecular complexity index is 499. The van der Waals surface area contributed by atoms with Crippen molar-refractivity contribution >= 4 is 0 Å². The summed E-state index contributed by atoms with van der Waals surface area (Å²) in [6.45, 7) is 8.76. The van der Waals surface area contributed by atoms with Crippen LogP contribution < -0.4 is 0 Å². The fourth-order valence-electron chi connectivity index (χ4n) is 3.26. The van der Waals surface area contributed by atoms with Crippen molar-refractivity contribution < 1.29 is 0 Å². The maximum atomic E-state index is 2.33. The first-order chi connectivity index (χ1) is 10.0. The highest BCUT2D eigenvalue weighted by molar-refractivity contribution is 5.29. The van der Waals surface area contributed by atoms with Gasteiger partial charge in [0.25, 0.3) is 0 Å². The van der Waals surface area contributed by atoms with Crippen LogP contribution >= 0.6 is 0 Å². The van der Waals surface area contributed by atoms with Gasteiger partial charge in [0.15, 0.2) is 0 Å². The van der Waals surface area contributed by atoms with Gasteiger partial charge in [0.05, 0.1) is 0 Å². The van der Waals surface area contributed by atoms with E-state index in [1.807, 2.05) is 0 Å². The molecule has 0 spiro atoms. The number of rotatable bonds is 6. The highest BCUT2D eigenvalue weighted by atomic mass is 14.0. The molecule has 0 atom stereocenters. The molecule has 0 nitrogen and oxygen atoms in total. The van der Waals surface area contributed by atoms with E-state index in [0.29, 0.717) is 0 Å². The number of unbranched alkanes of at least 4 members (excludes halogenated alkanes) is 2. The molecule has 21 heavy (non-hydrogen) atoms. The van der Waals surface area contributed by atoms with Crippen LogP contribution in [0.1, 0.15) is 52.6 Å². The molecule has 0 saturated heterocycles. The summed E-state index contributed by atoms with van der Waals surface area (Å²) in [4.78, 5) is 0. The van der Waals surface area contributed by atoms with Gasteiger partial charge in [0, 0.05) is 0 Å². The van der Waals surface area contributed by atoms with Crippen molar-refractivity contribution in [2.45, 2.75) is 59.8 Å². The van der Waals surface area contributed by atoms with Gasteiger partial charge in [-0.1, -0.05) is 65.1 Å². The third kappa shape index (κ3) is 5.38. The minimum absolute atomic E-state index is 1.22. The Kier molecular flexibility index (Phi) is 5.61. The van der Waals surface area contributed by atoms with Crippen molar-refractivity contribution in [1.82, 2.24) is 0 Å². The summed E-state index contributed by atoms with van der Waals surface area (Å²) in [6, 6.07) is 13.8. The molecule has 0 aliphatic rings. The molecule has 0 saturated carbocycles. The van der Waals surface area contributed by atoms with E-state index in [4.69, 9.17) is 0 Å². The number of aryl methyl sites for hydroxylation is 6. The van der Waals surface area contributed by atoms with E-state index >= 15 is 0 Å².